The summed E-state index contributed by atoms with van der Waals surface area (Å²) in [7, 11) is 0. The molecule has 0 bridgehead atoms. The number of carbonyl (C=O) groups excluding carboxylic acids is 3. The van der Waals surface area contributed by atoms with Crippen LogP contribution in [0.3, 0.4) is 0 Å². The van der Waals surface area contributed by atoms with E-state index in [1.165, 1.54) is 6.07 Å². The van der Waals surface area contributed by atoms with Crippen LogP contribution in [-0.2, 0) is 16.1 Å². The summed E-state index contributed by atoms with van der Waals surface area (Å²) in [4.78, 5) is 38.1. The lowest BCUT2D eigenvalue weighted by Crippen LogP contribution is -2.14. The molecule has 3 rings (SSSR count). The Morgan fingerprint density at radius 2 is 1.69 bits per heavy atom. The van der Waals surface area contributed by atoms with E-state index in [4.69, 9.17) is 18.6 Å². The molecule has 186 valence electrons. The summed E-state index contributed by atoms with van der Waals surface area (Å²) in [6.07, 6.45) is 0.640. The van der Waals surface area contributed by atoms with Crippen LogP contribution in [0.1, 0.15) is 73.3 Å². The summed E-state index contributed by atoms with van der Waals surface area (Å²) >= 11 is 0.962. The van der Waals surface area contributed by atoms with Crippen molar-refractivity contribution in [1.82, 2.24) is 0 Å². The number of ether oxygens (including phenoxy) is 3. The largest absolute Gasteiger partial charge is 0.486 e. The second-order valence-corrected chi connectivity index (χ2v) is 8.97. The van der Waals surface area contributed by atoms with E-state index in [0.29, 0.717) is 23.5 Å². The van der Waals surface area contributed by atoms with Gasteiger partial charge in [0.2, 0.25) is 0 Å². The maximum Gasteiger partial charge on any atom is 0.348 e. The predicted octanol–water partition coefficient (Wildman–Crippen LogP) is 5.84. The first kappa shape index (κ1) is 26.0. The quantitative estimate of drug-likeness (QED) is 0.349. The number of furan rings is 1. The van der Waals surface area contributed by atoms with Crippen molar-refractivity contribution in [1.29, 1.82) is 0 Å². The van der Waals surface area contributed by atoms with Crippen LogP contribution in [0, 0.1) is 20.8 Å². The summed E-state index contributed by atoms with van der Waals surface area (Å²) in [6.45, 7) is 9.72. The zero-order chi connectivity index (χ0) is 25.5. The molecule has 3 aromatic rings. The van der Waals surface area contributed by atoms with Crippen molar-refractivity contribution in [2.75, 3.05) is 18.5 Å². The second kappa shape index (κ2) is 11.7. The highest BCUT2D eigenvalue weighted by Crippen LogP contribution is 2.35. The predicted molar refractivity (Wildman–Crippen MR) is 132 cm³/mol. The van der Waals surface area contributed by atoms with E-state index in [1.807, 2.05) is 39.0 Å². The monoisotopic (exact) mass is 499 g/mol. The number of aryl methyl sites for hydroxylation is 2. The van der Waals surface area contributed by atoms with Crippen molar-refractivity contribution >= 4 is 34.2 Å². The van der Waals surface area contributed by atoms with Crippen molar-refractivity contribution in [3.05, 3.63) is 69.0 Å². The smallest absolute Gasteiger partial charge is 0.348 e. The van der Waals surface area contributed by atoms with Gasteiger partial charge in [0, 0.05) is 0 Å². The van der Waals surface area contributed by atoms with E-state index in [2.05, 4.69) is 5.32 Å². The Hall–Kier alpha value is -3.59. The first-order valence-electron chi connectivity index (χ1n) is 11.3. The molecule has 0 fully saturated rings. The molecular weight excluding hydrogens is 470 g/mol. The number of hydrogen-bond donors (Lipinski definition) is 1. The van der Waals surface area contributed by atoms with Gasteiger partial charge in [0.15, 0.2) is 5.76 Å². The Morgan fingerprint density at radius 1 is 0.971 bits per heavy atom. The lowest BCUT2D eigenvalue weighted by atomic mass is 10.1. The van der Waals surface area contributed by atoms with Crippen molar-refractivity contribution in [3.63, 3.8) is 0 Å². The Balaban J connectivity index is 1.77. The minimum absolute atomic E-state index is 0.0423. The second-order valence-electron chi connectivity index (χ2n) is 7.95. The van der Waals surface area contributed by atoms with Crippen LogP contribution >= 0.6 is 11.3 Å². The van der Waals surface area contributed by atoms with Crippen LogP contribution in [0.2, 0.25) is 0 Å². The number of rotatable bonds is 10. The standard InChI is InChI=1S/C26H29NO7S/c1-6-10-32-25(29)21-17(5)22(26(30)31-7-2)35-24(21)27-23(28)20-9-8-18(34-20)14-33-19-12-15(3)11-16(4)13-19/h8-9,11-13H,6-7,10,14H2,1-5H3,(H,27,28). The van der Waals surface area contributed by atoms with Gasteiger partial charge in [-0.05, 0) is 75.1 Å². The van der Waals surface area contributed by atoms with Gasteiger partial charge in [-0.15, -0.1) is 11.3 Å². The van der Waals surface area contributed by atoms with Crippen molar-refractivity contribution in [3.8, 4) is 5.75 Å². The highest BCUT2D eigenvalue weighted by Gasteiger charge is 2.28. The number of nitrogens with one attached hydrogen (secondary N) is 1. The number of benzene rings is 1. The van der Waals surface area contributed by atoms with E-state index >= 15 is 0 Å². The van der Waals surface area contributed by atoms with Gasteiger partial charge in [0.25, 0.3) is 5.91 Å². The Morgan fingerprint density at radius 3 is 2.34 bits per heavy atom. The summed E-state index contributed by atoms with van der Waals surface area (Å²) in [5.41, 5.74) is 2.69. The van der Waals surface area contributed by atoms with Gasteiger partial charge < -0.3 is 23.9 Å². The number of esters is 2. The molecule has 0 unspecified atom stereocenters. The lowest BCUT2D eigenvalue weighted by Gasteiger charge is -2.07. The Labute approximate surface area is 208 Å². The summed E-state index contributed by atoms with van der Waals surface area (Å²) in [5, 5.41) is 2.88. The van der Waals surface area contributed by atoms with Gasteiger partial charge >= 0.3 is 11.9 Å². The third-order valence-corrected chi connectivity index (χ3v) is 6.13. The topological polar surface area (TPSA) is 104 Å². The molecule has 2 aromatic heterocycles. The lowest BCUT2D eigenvalue weighted by molar-refractivity contribution is 0.0506. The van der Waals surface area contributed by atoms with E-state index in [-0.39, 0.29) is 41.0 Å². The maximum atomic E-state index is 12.9. The Kier molecular flexibility index (Phi) is 8.70. The molecule has 1 amide bonds. The molecule has 2 heterocycles. The van der Waals surface area contributed by atoms with Crippen LogP contribution in [0.15, 0.2) is 34.7 Å². The molecule has 0 radical (unpaired) electrons. The van der Waals surface area contributed by atoms with Gasteiger partial charge in [-0.1, -0.05) is 13.0 Å². The van der Waals surface area contributed by atoms with Gasteiger partial charge in [0.1, 0.15) is 28.0 Å². The van der Waals surface area contributed by atoms with Crippen molar-refractivity contribution in [2.45, 2.75) is 47.6 Å². The zero-order valence-corrected chi connectivity index (χ0v) is 21.3. The maximum absolute atomic E-state index is 12.9. The van der Waals surface area contributed by atoms with Crippen molar-refractivity contribution in [2.24, 2.45) is 0 Å². The summed E-state index contributed by atoms with van der Waals surface area (Å²) < 4.78 is 21.8. The number of carbonyl (C=O) groups is 3. The van der Waals surface area contributed by atoms with Crippen LogP contribution in [0.5, 0.6) is 5.75 Å². The first-order chi connectivity index (χ1) is 16.7. The van der Waals surface area contributed by atoms with Gasteiger partial charge in [-0.25, -0.2) is 9.59 Å². The number of anilines is 1. The van der Waals surface area contributed by atoms with Crippen LogP contribution in [0.4, 0.5) is 5.00 Å². The average Bonchev–Trinajstić information content (AvgIpc) is 3.40. The average molecular weight is 500 g/mol. The fraction of sp³-hybridized carbons (Fsp3) is 0.346. The van der Waals surface area contributed by atoms with Gasteiger partial charge in [0.05, 0.1) is 18.8 Å². The van der Waals surface area contributed by atoms with Crippen molar-refractivity contribution < 1.29 is 33.0 Å². The molecule has 0 aliphatic rings. The molecule has 0 spiro atoms. The van der Waals surface area contributed by atoms with Gasteiger partial charge in [-0.3, -0.25) is 4.79 Å². The summed E-state index contributed by atoms with van der Waals surface area (Å²) in [5.74, 6) is -0.533. The molecule has 0 saturated carbocycles. The van der Waals surface area contributed by atoms with Crippen LogP contribution < -0.4 is 10.1 Å². The number of hydrogen-bond acceptors (Lipinski definition) is 8. The molecule has 0 aliphatic carbocycles. The molecule has 1 N–H and O–H groups in total. The normalized spacial score (nSPS) is 10.7. The van der Waals surface area contributed by atoms with E-state index in [1.54, 1.807) is 19.9 Å². The SMILES string of the molecule is CCCOC(=O)c1c(NC(=O)c2ccc(COc3cc(C)cc(C)c3)o2)sc(C(=O)OCC)c1C. The minimum atomic E-state index is -0.617. The third-order valence-electron chi connectivity index (χ3n) is 4.94. The zero-order valence-electron chi connectivity index (χ0n) is 20.5. The molecular formula is C26H29NO7S. The number of thiophene rings is 1. The van der Waals surface area contributed by atoms with Gasteiger partial charge in [-0.2, -0.15) is 0 Å². The fourth-order valence-corrected chi connectivity index (χ4v) is 4.50. The summed E-state index contributed by atoms with van der Waals surface area (Å²) in [6, 6.07) is 9.06. The van der Waals surface area contributed by atoms with E-state index in [9.17, 15) is 14.4 Å². The van der Waals surface area contributed by atoms with Crippen LogP contribution in [0.25, 0.3) is 0 Å². The molecule has 0 saturated heterocycles. The van der Waals surface area contributed by atoms with E-state index < -0.39 is 17.8 Å². The van der Waals surface area contributed by atoms with E-state index in [0.717, 1.165) is 22.5 Å². The minimum Gasteiger partial charge on any atom is -0.486 e. The number of amides is 1. The highest BCUT2D eigenvalue weighted by atomic mass is 32.1. The Bertz CT molecular complexity index is 1200. The molecule has 0 atom stereocenters. The highest BCUT2D eigenvalue weighted by molar-refractivity contribution is 7.18. The van der Waals surface area contributed by atoms with Crippen LogP contribution in [-0.4, -0.2) is 31.1 Å². The molecule has 0 aliphatic heterocycles. The fourth-order valence-electron chi connectivity index (χ4n) is 3.42. The molecule has 9 heteroatoms. The first-order valence-corrected chi connectivity index (χ1v) is 12.1. The molecule has 35 heavy (non-hydrogen) atoms. The molecule has 1 aromatic carbocycles. The molecule has 8 nitrogen and oxygen atoms in total. The third kappa shape index (κ3) is 6.51.